The highest BCUT2D eigenvalue weighted by Crippen LogP contribution is 2.27. The van der Waals surface area contributed by atoms with Crippen molar-refractivity contribution in [1.29, 1.82) is 0 Å². The van der Waals surface area contributed by atoms with Gasteiger partial charge in [-0.05, 0) is 41.8 Å². The van der Waals surface area contributed by atoms with Crippen LogP contribution in [0.1, 0.15) is 23.2 Å². The number of nitrogens with zero attached hydrogens (tertiary/aromatic N) is 2. The molecule has 0 atom stereocenters. The number of fused-ring (bicyclic) bond motifs is 1. The van der Waals surface area contributed by atoms with Gasteiger partial charge in [-0.25, -0.2) is 4.98 Å². The van der Waals surface area contributed by atoms with Crippen LogP contribution >= 0.6 is 11.3 Å². The summed E-state index contributed by atoms with van der Waals surface area (Å²) in [6.45, 7) is 1.13. The Kier molecular flexibility index (Phi) is 5.26. The minimum Gasteiger partial charge on any atom is -0.463 e. The third-order valence-corrected chi connectivity index (χ3v) is 6.44. The zero-order chi connectivity index (χ0) is 21.2. The Morgan fingerprint density at radius 3 is 2.65 bits per heavy atom. The fraction of sp³-hybridized carbons (Fsp3) is 0.208. The van der Waals surface area contributed by atoms with Gasteiger partial charge in [0.25, 0.3) is 5.91 Å². The molecule has 2 amide bonds. The molecule has 0 radical (unpaired) electrons. The molecule has 6 nitrogen and oxygen atoms in total. The number of thiazole rings is 1. The molecule has 1 N–H and O–H groups in total. The Balaban J connectivity index is 1.21. The van der Waals surface area contributed by atoms with Crippen LogP contribution in [0.5, 0.6) is 0 Å². The maximum Gasteiger partial charge on any atom is 0.254 e. The van der Waals surface area contributed by atoms with E-state index < -0.39 is 0 Å². The van der Waals surface area contributed by atoms with E-state index in [0.717, 1.165) is 10.8 Å². The monoisotopic (exact) mass is 431 g/mol. The molecule has 5 rings (SSSR count). The molecule has 2 aromatic heterocycles. The van der Waals surface area contributed by atoms with E-state index in [1.54, 1.807) is 12.3 Å². The van der Waals surface area contributed by atoms with E-state index in [0.29, 0.717) is 48.1 Å². The van der Waals surface area contributed by atoms with Crippen molar-refractivity contribution in [2.75, 3.05) is 18.4 Å². The Morgan fingerprint density at radius 2 is 1.84 bits per heavy atom. The van der Waals surface area contributed by atoms with Gasteiger partial charge in [-0.15, -0.1) is 11.3 Å². The van der Waals surface area contributed by atoms with E-state index in [4.69, 9.17) is 4.42 Å². The third-order valence-electron chi connectivity index (χ3n) is 5.68. The van der Waals surface area contributed by atoms with Crippen LogP contribution in [0.25, 0.3) is 22.2 Å². The summed E-state index contributed by atoms with van der Waals surface area (Å²) < 4.78 is 5.35. The first-order valence-electron chi connectivity index (χ1n) is 10.3. The largest absolute Gasteiger partial charge is 0.463 e. The number of likely N-dealkylation sites (tertiary alicyclic amines) is 1. The lowest BCUT2D eigenvalue weighted by Gasteiger charge is -2.31. The molecule has 0 aliphatic carbocycles. The summed E-state index contributed by atoms with van der Waals surface area (Å²) in [5, 5.41) is 7.36. The molecule has 4 aromatic rings. The summed E-state index contributed by atoms with van der Waals surface area (Å²) in [7, 11) is 0. The lowest BCUT2D eigenvalue weighted by Crippen LogP contribution is -2.41. The van der Waals surface area contributed by atoms with Gasteiger partial charge in [-0.1, -0.05) is 36.4 Å². The topological polar surface area (TPSA) is 75.4 Å². The molecule has 1 saturated heterocycles. The number of aromatic nitrogens is 1. The molecule has 1 fully saturated rings. The van der Waals surface area contributed by atoms with Gasteiger partial charge in [0.15, 0.2) is 10.9 Å². The second kappa shape index (κ2) is 8.35. The Hall–Kier alpha value is -3.45. The molecule has 3 heterocycles. The molecule has 7 heteroatoms. The number of carbonyl (C=O) groups is 2. The summed E-state index contributed by atoms with van der Waals surface area (Å²) in [4.78, 5) is 32.1. The standard InChI is InChI=1S/C24H21N3O3S/c28-22(26-24-25-20(15-31-24)21-9-4-14-30-21)17-10-12-27(13-11-17)23(29)19-8-3-6-16-5-1-2-7-18(16)19/h1-9,14-15,17H,10-13H2,(H,25,26,28). The number of hydrogen-bond acceptors (Lipinski definition) is 5. The van der Waals surface area contributed by atoms with Gasteiger partial charge in [0.2, 0.25) is 5.91 Å². The molecule has 31 heavy (non-hydrogen) atoms. The average molecular weight is 432 g/mol. The molecule has 0 unspecified atom stereocenters. The molecule has 2 aromatic carbocycles. The molecule has 1 aliphatic heterocycles. The van der Waals surface area contributed by atoms with Crippen molar-refractivity contribution in [3.63, 3.8) is 0 Å². The van der Waals surface area contributed by atoms with Crippen molar-refractivity contribution in [2.45, 2.75) is 12.8 Å². The van der Waals surface area contributed by atoms with Crippen molar-refractivity contribution < 1.29 is 14.0 Å². The van der Waals surface area contributed by atoms with Gasteiger partial charge in [0, 0.05) is 30.0 Å². The fourth-order valence-electron chi connectivity index (χ4n) is 4.00. The van der Waals surface area contributed by atoms with E-state index in [-0.39, 0.29) is 17.7 Å². The van der Waals surface area contributed by atoms with Crippen LogP contribution in [0.15, 0.2) is 70.7 Å². The van der Waals surface area contributed by atoms with E-state index >= 15 is 0 Å². The van der Waals surface area contributed by atoms with Crippen LogP contribution in [0.2, 0.25) is 0 Å². The number of anilines is 1. The minimum absolute atomic E-state index is 0.0265. The maximum absolute atomic E-state index is 13.1. The summed E-state index contributed by atoms with van der Waals surface area (Å²) in [6.07, 6.45) is 2.87. The zero-order valence-electron chi connectivity index (χ0n) is 16.8. The van der Waals surface area contributed by atoms with Crippen LogP contribution in [0.3, 0.4) is 0 Å². The van der Waals surface area contributed by atoms with Crippen LogP contribution in [0, 0.1) is 5.92 Å². The van der Waals surface area contributed by atoms with E-state index in [1.165, 1.54) is 11.3 Å². The number of benzene rings is 2. The number of amides is 2. The number of nitrogens with one attached hydrogen (secondary N) is 1. The minimum atomic E-state index is -0.132. The molecular formula is C24H21N3O3S. The van der Waals surface area contributed by atoms with Gasteiger partial charge >= 0.3 is 0 Å². The number of rotatable bonds is 4. The summed E-state index contributed by atoms with van der Waals surface area (Å²) >= 11 is 1.38. The van der Waals surface area contributed by atoms with Crippen molar-refractivity contribution in [3.8, 4) is 11.5 Å². The quantitative estimate of drug-likeness (QED) is 0.491. The van der Waals surface area contributed by atoms with Crippen molar-refractivity contribution in [3.05, 3.63) is 71.8 Å². The predicted molar refractivity (Wildman–Crippen MR) is 121 cm³/mol. The highest BCUT2D eigenvalue weighted by Gasteiger charge is 2.29. The fourth-order valence-corrected chi connectivity index (χ4v) is 4.71. The van der Waals surface area contributed by atoms with Crippen LogP contribution < -0.4 is 5.32 Å². The van der Waals surface area contributed by atoms with Crippen LogP contribution in [-0.2, 0) is 4.79 Å². The van der Waals surface area contributed by atoms with Crippen LogP contribution in [0.4, 0.5) is 5.13 Å². The summed E-state index contributed by atoms with van der Waals surface area (Å²) in [5.74, 6) is 0.529. The lowest BCUT2D eigenvalue weighted by atomic mass is 9.95. The van der Waals surface area contributed by atoms with E-state index in [1.807, 2.05) is 58.8 Å². The first kappa shape index (κ1) is 19.5. The highest BCUT2D eigenvalue weighted by atomic mass is 32.1. The predicted octanol–water partition coefficient (Wildman–Crippen LogP) is 5.05. The van der Waals surface area contributed by atoms with Gasteiger partial charge in [0.05, 0.1) is 6.26 Å². The number of piperidine rings is 1. The Morgan fingerprint density at radius 1 is 1.03 bits per heavy atom. The molecule has 0 bridgehead atoms. The Labute approximate surface area is 183 Å². The third kappa shape index (κ3) is 3.96. The molecular weight excluding hydrogens is 410 g/mol. The molecule has 0 spiro atoms. The van der Waals surface area contributed by atoms with Gasteiger partial charge in [-0.2, -0.15) is 0 Å². The van der Waals surface area contributed by atoms with Gasteiger partial charge in [-0.3, -0.25) is 9.59 Å². The smallest absolute Gasteiger partial charge is 0.254 e. The number of furan rings is 1. The zero-order valence-corrected chi connectivity index (χ0v) is 17.6. The summed E-state index contributed by atoms with van der Waals surface area (Å²) in [6, 6.07) is 17.4. The molecule has 1 aliphatic rings. The number of carbonyl (C=O) groups excluding carboxylic acids is 2. The maximum atomic E-state index is 13.1. The first-order chi connectivity index (χ1) is 15.2. The average Bonchev–Trinajstić information content (AvgIpc) is 3.50. The normalized spacial score (nSPS) is 14.6. The second-order valence-electron chi connectivity index (χ2n) is 7.60. The van der Waals surface area contributed by atoms with Crippen molar-refractivity contribution >= 4 is 39.1 Å². The van der Waals surface area contributed by atoms with E-state index in [2.05, 4.69) is 10.3 Å². The first-order valence-corrected chi connectivity index (χ1v) is 11.1. The summed E-state index contributed by atoms with van der Waals surface area (Å²) in [5.41, 5.74) is 1.43. The van der Waals surface area contributed by atoms with Crippen molar-refractivity contribution in [1.82, 2.24) is 9.88 Å². The SMILES string of the molecule is O=C(Nc1nc(-c2ccco2)cs1)C1CCN(C(=O)c2cccc3ccccc23)CC1. The lowest BCUT2D eigenvalue weighted by molar-refractivity contribution is -0.121. The number of hydrogen-bond donors (Lipinski definition) is 1. The highest BCUT2D eigenvalue weighted by molar-refractivity contribution is 7.14. The second-order valence-corrected chi connectivity index (χ2v) is 8.46. The van der Waals surface area contributed by atoms with Crippen LogP contribution in [-0.4, -0.2) is 34.8 Å². The van der Waals surface area contributed by atoms with Crippen molar-refractivity contribution in [2.24, 2.45) is 5.92 Å². The van der Waals surface area contributed by atoms with E-state index in [9.17, 15) is 9.59 Å². The Bertz CT molecular complexity index is 1220. The van der Waals surface area contributed by atoms with Gasteiger partial charge in [0.1, 0.15) is 5.69 Å². The van der Waals surface area contributed by atoms with Gasteiger partial charge < -0.3 is 14.6 Å². The molecule has 0 saturated carbocycles. The molecule has 156 valence electrons.